The molecule has 21 heavy (non-hydrogen) atoms. The third-order valence-electron chi connectivity index (χ3n) is 3.46. The third kappa shape index (κ3) is 6.17. The van der Waals surface area contributed by atoms with Gasteiger partial charge in [0.25, 0.3) is 0 Å². The highest BCUT2D eigenvalue weighted by Crippen LogP contribution is 2.22. The number of rotatable bonds is 7. The molecule has 0 aliphatic rings. The van der Waals surface area contributed by atoms with Crippen LogP contribution in [0.15, 0.2) is 29.3 Å². The van der Waals surface area contributed by atoms with Crippen molar-refractivity contribution in [2.75, 3.05) is 33.4 Å². The number of hydrogen-bond donors (Lipinski definition) is 2. The summed E-state index contributed by atoms with van der Waals surface area (Å²) < 4.78 is 5.31. The van der Waals surface area contributed by atoms with Crippen molar-refractivity contribution in [3.63, 3.8) is 0 Å². The van der Waals surface area contributed by atoms with Crippen LogP contribution in [-0.2, 0) is 10.2 Å². The fourth-order valence-electron chi connectivity index (χ4n) is 2.08. The molecule has 1 aromatic carbocycles. The van der Waals surface area contributed by atoms with Crippen LogP contribution in [-0.4, -0.2) is 39.3 Å². The first-order valence-electron chi connectivity index (χ1n) is 7.59. The minimum absolute atomic E-state index is 0.0452. The lowest BCUT2D eigenvalue weighted by Crippen LogP contribution is -2.44. The van der Waals surface area contributed by atoms with E-state index in [4.69, 9.17) is 4.74 Å². The zero-order chi connectivity index (χ0) is 15.7. The molecule has 0 fully saturated rings. The summed E-state index contributed by atoms with van der Waals surface area (Å²) in [6.45, 7) is 11.6. The number of hydrogen-bond acceptors (Lipinski definition) is 2. The molecule has 0 aliphatic heterocycles. The van der Waals surface area contributed by atoms with E-state index in [1.54, 1.807) is 7.05 Å². The second kappa shape index (κ2) is 8.67. The van der Waals surface area contributed by atoms with Gasteiger partial charge in [-0.15, -0.1) is 0 Å². The van der Waals surface area contributed by atoms with Crippen LogP contribution in [0.1, 0.15) is 31.9 Å². The number of aliphatic imine (C=N–C) groups is 1. The highest BCUT2D eigenvalue weighted by atomic mass is 16.5. The Kier molecular flexibility index (Phi) is 7.23. The SMILES string of the molecule is CCOCCNC(=NC)NCC(C)(C)c1cccc(C)c1. The van der Waals surface area contributed by atoms with Gasteiger partial charge < -0.3 is 15.4 Å². The van der Waals surface area contributed by atoms with Crippen molar-refractivity contribution in [1.29, 1.82) is 0 Å². The van der Waals surface area contributed by atoms with Gasteiger partial charge in [-0.05, 0) is 19.4 Å². The van der Waals surface area contributed by atoms with Crippen LogP contribution < -0.4 is 10.6 Å². The molecule has 0 bridgehead atoms. The molecule has 0 saturated carbocycles. The highest BCUT2D eigenvalue weighted by molar-refractivity contribution is 5.79. The summed E-state index contributed by atoms with van der Waals surface area (Å²) in [5, 5.41) is 6.64. The molecule has 0 heterocycles. The molecule has 1 rings (SSSR count). The molecule has 1 aromatic rings. The maximum absolute atomic E-state index is 5.31. The number of aryl methyl sites for hydroxylation is 1. The van der Waals surface area contributed by atoms with E-state index in [1.165, 1.54) is 11.1 Å². The predicted molar refractivity (Wildman–Crippen MR) is 90.1 cm³/mol. The van der Waals surface area contributed by atoms with Crippen molar-refractivity contribution in [2.45, 2.75) is 33.1 Å². The van der Waals surface area contributed by atoms with Crippen molar-refractivity contribution in [2.24, 2.45) is 4.99 Å². The Balaban J connectivity index is 2.51. The Bertz CT molecular complexity index is 455. The zero-order valence-corrected chi connectivity index (χ0v) is 14.0. The van der Waals surface area contributed by atoms with Gasteiger partial charge in [-0.1, -0.05) is 43.7 Å². The van der Waals surface area contributed by atoms with Crippen LogP contribution in [0.5, 0.6) is 0 Å². The van der Waals surface area contributed by atoms with Gasteiger partial charge in [0.05, 0.1) is 6.61 Å². The molecule has 0 aliphatic carbocycles. The quantitative estimate of drug-likeness (QED) is 0.461. The van der Waals surface area contributed by atoms with Crippen molar-refractivity contribution >= 4 is 5.96 Å². The van der Waals surface area contributed by atoms with Crippen LogP contribution in [0.2, 0.25) is 0 Å². The van der Waals surface area contributed by atoms with Crippen molar-refractivity contribution in [3.8, 4) is 0 Å². The van der Waals surface area contributed by atoms with Crippen LogP contribution in [0, 0.1) is 6.92 Å². The molecule has 0 aromatic heterocycles. The lowest BCUT2D eigenvalue weighted by Gasteiger charge is -2.27. The standard InChI is InChI=1S/C17H29N3O/c1-6-21-11-10-19-16(18-5)20-13-17(3,4)15-9-7-8-14(2)12-15/h7-9,12H,6,10-11,13H2,1-5H3,(H2,18,19,20). The maximum Gasteiger partial charge on any atom is 0.191 e. The van der Waals surface area contributed by atoms with Gasteiger partial charge >= 0.3 is 0 Å². The second-order valence-corrected chi connectivity index (χ2v) is 5.80. The normalized spacial score (nSPS) is 12.3. The largest absolute Gasteiger partial charge is 0.380 e. The summed E-state index contributed by atoms with van der Waals surface area (Å²) in [7, 11) is 1.79. The lowest BCUT2D eigenvalue weighted by molar-refractivity contribution is 0.152. The van der Waals surface area contributed by atoms with Crippen molar-refractivity contribution in [1.82, 2.24) is 10.6 Å². The lowest BCUT2D eigenvalue weighted by atomic mass is 9.84. The first-order chi connectivity index (χ1) is 9.99. The topological polar surface area (TPSA) is 45.6 Å². The van der Waals surface area contributed by atoms with Gasteiger partial charge in [-0.25, -0.2) is 0 Å². The number of benzene rings is 1. The molecule has 0 spiro atoms. The Morgan fingerprint density at radius 2 is 2.05 bits per heavy atom. The molecule has 0 amide bonds. The van der Waals surface area contributed by atoms with Crippen LogP contribution >= 0.6 is 0 Å². The van der Waals surface area contributed by atoms with E-state index in [0.29, 0.717) is 6.61 Å². The number of guanidine groups is 1. The summed E-state index contributed by atoms with van der Waals surface area (Å²) in [5.74, 6) is 0.815. The molecule has 118 valence electrons. The molecule has 0 radical (unpaired) electrons. The molecule has 0 atom stereocenters. The summed E-state index contributed by atoms with van der Waals surface area (Å²) in [5.41, 5.74) is 2.67. The Labute approximate surface area is 129 Å². The van der Waals surface area contributed by atoms with Crippen LogP contribution in [0.3, 0.4) is 0 Å². The van der Waals surface area contributed by atoms with Gasteiger partial charge in [0, 0.05) is 32.2 Å². The Hall–Kier alpha value is -1.55. The third-order valence-corrected chi connectivity index (χ3v) is 3.46. The molecular formula is C17H29N3O. The molecule has 0 saturated heterocycles. The van der Waals surface area contributed by atoms with Crippen LogP contribution in [0.4, 0.5) is 0 Å². The summed E-state index contributed by atoms with van der Waals surface area (Å²) in [6.07, 6.45) is 0. The van der Waals surface area contributed by atoms with Gasteiger partial charge in [0.1, 0.15) is 0 Å². The molecule has 2 N–H and O–H groups in total. The van der Waals surface area contributed by atoms with Gasteiger partial charge in [-0.2, -0.15) is 0 Å². The fourth-order valence-corrected chi connectivity index (χ4v) is 2.08. The minimum atomic E-state index is 0.0452. The fraction of sp³-hybridized carbons (Fsp3) is 0.588. The van der Waals surface area contributed by atoms with Crippen molar-refractivity contribution in [3.05, 3.63) is 35.4 Å². The summed E-state index contributed by atoms with van der Waals surface area (Å²) >= 11 is 0. The average molecular weight is 291 g/mol. The number of ether oxygens (including phenoxy) is 1. The van der Waals surface area contributed by atoms with E-state index in [-0.39, 0.29) is 5.41 Å². The van der Waals surface area contributed by atoms with E-state index >= 15 is 0 Å². The Morgan fingerprint density at radius 3 is 2.67 bits per heavy atom. The van der Waals surface area contributed by atoms with E-state index in [1.807, 2.05) is 6.92 Å². The summed E-state index contributed by atoms with van der Waals surface area (Å²) in [6, 6.07) is 8.66. The monoisotopic (exact) mass is 291 g/mol. The van der Waals surface area contributed by atoms with E-state index in [2.05, 4.69) is 60.7 Å². The average Bonchev–Trinajstić information content (AvgIpc) is 2.46. The van der Waals surface area contributed by atoms with Crippen molar-refractivity contribution < 1.29 is 4.74 Å². The zero-order valence-electron chi connectivity index (χ0n) is 14.0. The van der Waals surface area contributed by atoms with Gasteiger partial charge in [0.2, 0.25) is 0 Å². The minimum Gasteiger partial charge on any atom is -0.380 e. The second-order valence-electron chi connectivity index (χ2n) is 5.80. The molecule has 0 unspecified atom stereocenters. The van der Waals surface area contributed by atoms with Gasteiger partial charge in [-0.3, -0.25) is 4.99 Å². The predicted octanol–water partition coefficient (Wildman–Crippen LogP) is 2.47. The number of nitrogens with zero attached hydrogens (tertiary/aromatic N) is 1. The number of nitrogens with one attached hydrogen (secondary N) is 2. The van der Waals surface area contributed by atoms with E-state index in [9.17, 15) is 0 Å². The first-order valence-corrected chi connectivity index (χ1v) is 7.59. The summed E-state index contributed by atoms with van der Waals surface area (Å²) in [4.78, 5) is 4.24. The smallest absolute Gasteiger partial charge is 0.191 e. The maximum atomic E-state index is 5.31. The van der Waals surface area contributed by atoms with E-state index < -0.39 is 0 Å². The first kappa shape index (κ1) is 17.5. The Morgan fingerprint density at radius 1 is 1.29 bits per heavy atom. The van der Waals surface area contributed by atoms with Crippen LogP contribution in [0.25, 0.3) is 0 Å². The highest BCUT2D eigenvalue weighted by Gasteiger charge is 2.20. The van der Waals surface area contributed by atoms with Gasteiger partial charge in [0.15, 0.2) is 5.96 Å². The molecule has 4 nitrogen and oxygen atoms in total. The molecular weight excluding hydrogens is 262 g/mol. The molecule has 4 heteroatoms. The van der Waals surface area contributed by atoms with E-state index in [0.717, 1.165) is 25.7 Å².